The van der Waals surface area contributed by atoms with Crippen molar-refractivity contribution in [3.05, 3.63) is 23.3 Å². The normalized spacial score (nSPS) is 10.5. The number of nitrogens with zero attached hydrogens (tertiary/aromatic N) is 2. The Morgan fingerprint density at radius 2 is 2.46 bits per heavy atom. The van der Waals surface area contributed by atoms with Gasteiger partial charge in [-0.2, -0.15) is 4.98 Å². The summed E-state index contributed by atoms with van der Waals surface area (Å²) in [6.07, 6.45) is 1.93. The van der Waals surface area contributed by atoms with Gasteiger partial charge < -0.3 is 4.52 Å². The molecule has 0 aromatic carbocycles. The summed E-state index contributed by atoms with van der Waals surface area (Å²) in [4.78, 5) is 5.31. The van der Waals surface area contributed by atoms with Gasteiger partial charge in [-0.1, -0.05) is 18.1 Å². The van der Waals surface area contributed by atoms with Crippen LogP contribution in [-0.4, -0.2) is 10.1 Å². The van der Waals surface area contributed by atoms with Gasteiger partial charge in [0, 0.05) is 6.42 Å². The van der Waals surface area contributed by atoms with Gasteiger partial charge in [-0.3, -0.25) is 0 Å². The SMILES string of the molecule is CCCc1noc(-c2cccs2)n1. The van der Waals surface area contributed by atoms with Crippen molar-refractivity contribution in [3.63, 3.8) is 0 Å². The van der Waals surface area contributed by atoms with E-state index in [0.717, 1.165) is 23.5 Å². The molecule has 2 heterocycles. The fourth-order valence-corrected chi connectivity index (χ4v) is 1.72. The number of hydrogen-bond donors (Lipinski definition) is 0. The van der Waals surface area contributed by atoms with Crippen molar-refractivity contribution in [2.45, 2.75) is 19.8 Å². The molecule has 0 fully saturated rings. The van der Waals surface area contributed by atoms with Gasteiger partial charge in [0.2, 0.25) is 0 Å². The Balaban J connectivity index is 2.23. The van der Waals surface area contributed by atoms with Crippen molar-refractivity contribution in [2.75, 3.05) is 0 Å². The fourth-order valence-electron chi connectivity index (χ4n) is 1.08. The van der Waals surface area contributed by atoms with E-state index in [0.29, 0.717) is 5.89 Å². The molecule has 0 spiro atoms. The Morgan fingerprint density at radius 1 is 1.54 bits per heavy atom. The lowest BCUT2D eigenvalue weighted by Gasteiger charge is -1.83. The maximum atomic E-state index is 5.11. The van der Waals surface area contributed by atoms with Gasteiger partial charge in [-0.25, -0.2) is 0 Å². The van der Waals surface area contributed by atoms with Gasteiger partial charge in [0.1, 0.15) is 0 Å². The maximum absolute atomic E-state index is 5.11. The van der Waals surface area contributed by atoms with E-state index in [1.165, 1.54) is 0 Å². The number of hydrogen-bond acceptors (Lipinski definition) is 4. The molecule has 0 aliphatic heterocycles. The zero-order chi connectivity index (χ0) is 9.10. The average molecular weight is 194 g/mol. The highest BCUT2D eigenvalue weighted by Crippen LogP contribution is 2.22. The second-order valence-electron chi connectivity index (χ2n) is 2.74. The topological polar surface area (TPSA) is 38.9 Å². The summed E-state index contributed by atoms with van der Waals surface area (Å²) in [7, 11) is 0. The zero-order valence-corrected chi connectivity index (χ0v) is 8.17. The molecule has 0 radical (unpaired) electrons. The first kappa shape index (κ1) is 8.44. The standard InChI is InChI=1S/C9H10N2OS/c1-2-4-8-10-9(12-11-8)7-5-3-6-13-7/h3,5-6H,2,4H2,1H3. The Bertz CT molecular complexity index is 367. The molecule has 4 heteroatoms. The largest absolute Gasteiger partial charge is 0.333 e. The van der Waals surface area contributed by atoms with Crippen LogP contribution in [0.15, 0.2) is 22.0 Å². The van der Waals surface area contributed by atoms with Crippen molar-refractivity contribution in [1.82, 2.24) is 10.1 Å². The third kappa shape index (κ3) is 1.78. The second-order valence-corrected chi connectivity index (χ2v) is 3.69. The summed E-state index contributed by atoms with van der Waals surface area (Å²) in [6.45, 7) is 2.10. The molecule has 68 valence electrons. The van der Waals surface area contributed by atoms with Crippen LogP contribution in [0.4, 0.5) is 0 Å². The molecule has 0 saturated carbocycles. The molecule has 0 aliphatic carbocycles. The maximum Gasteiger partial charge on any atom is 0.267 e. The van der Waals surface area contributed by atoms with E-state index in [-0.39, 0.29) is 0 Å². The molecule has 2 aromatic heterocycles. The van der Waals surface area contributed by atoms with Crippen LogP contribution in [0.3, 0.4) is 0 Å². The number of aromatic nitrogens is 2. The minimum absolute atomic E-state index is 0.637. The highest BCUT2D eigenvalue weighted by Gasteiger charge is 2.07. The van der Waals surface area contributed by atoms with E-state index < -0.39 is 0 Å². The Hall–Kier alpha value is -1.16. The van der Waals surface area contributed by atoms with Crippen molar-refractivity contribution in [1.29, 1.82) is 0 Å². The van der Waals surface area contributed by atoms with E-state index in [1.807, 2.05) is 17.5 Å². The predicted octanol–water partition coefficient (Wildman–Crippen LogP) is 2.75. The van der Waals surface area contributed by atoms with Crippen molar-refractivity contribution >= 4 is 11.3 Å². The summed E-state index contributed by atoms with van der Waals surface area (Å²) >= 11 is 1.61. The van der Waals surface area contributed by atoms with Crippen LogP contribution in [0.2, 0.25) is 0 Å². The van der Waals surface area contributed by atoms with E-state index in [9.17, 15) is 0 Å². The van der Waals surface area contributed by atoms with Gasteiger partial charge >= 0.3 is 0 Å². The number of thiophene rings is 1. The van der Waals surface area contributed by atoms with E-state index in [1.54, 1.807) is 11.3 Å². The van der Waals surface area contributed by atoms with Crippen LogP contribution < -0.4 is 0 Å². The third-order valence-corrected chi connectivity index (χ3v) is 2.53. The van der Waals surface area contributed by atoms with Gasteiger partial charge in [0.25, 0.3) is 5.89 Å². The first-order valence-electron chi connectivity index (χ1n) is 4.26. The quantitative estimate of drug-likeness (QED) is 0.754. The van der Waals surface area contributed by atoms with Crippen LogP contribution in [0.5, 0.6) is 0 Å². The van der Waals surface area contributed by atoms with E-state index in [4.69, 9.17) is 4.52 Å². The minimum atomic E-state index is 0.637. The van der Waals surface area contributed by atoms with Crippen LogP contribution in [-0.2, 0) is 6.42 Å². The van der Waals surface area contributed by atoms with Crippen LogP contribution in [0.1, 0.15) is 19.2 Å². The van der Waals surface area contributed by atoms with Gasteiger partial charge in [0.05, 0.1) is 4.88 Å². The molecule has 2 rings (SSSR count). The van der Waals surface area contributed by atoms with Crippen molar-refractivity contribution in [3.8, 4) is 10.8 Å². The Morgan fingerprint density at radius 3 is 3.15 bits per heavy atom. The predicted molar refractivity (Wildman–Crippen MR) is 51.6 cm³/mol. The smallest absolute Gasteiger partial charge is 0.267 e. The van der Waals surface area contributed by atoms with Gasteiger partial charge in [0.15, 0.2) is 5.82 Å². The summed E-state index contributed by atoms with van der Waals surface area (Å²) in [6, 6.07) is 3.96. The molecule has 13 heavy (non-hydrogen) atoms. The Kier molecular flexibility index (Phi) is 2.40. The summed E-state index contributed by atoms with van der Waals surface area (Å²) in [5.74, 6) is 1.43. The fraction of sp³-hybridized carbons (Fsp3) is 0.333. The van der Waals surface area contributed by atoms with Gasteiger partial charge in [-0.05, 0) is 17.9 Å². The van der Waals surface area contributed by atoms with Crippen LogP contribution in [0, 0.1) is 0 Å². The first-order valence-corrected chi connectivity index (χ1v) is 5.14. The molecule has 3 nitrogen and oxygen atoms in total. The zero-order valence-electron chi connectivity index (χ0n) is 7.36. The van der Waals surface area contributed by atoms with Crippen molar-refractivity contribution < 1.29 is 4.52 Å². The molecule has 0 amide bonds. The molecule has 0 N–H and O–H groups in total. The second kappa shape index (κ2) is 3.70. The first-order chi connectivity index (χ1) is 6.40. The Labute approximate surface area is 80.4 Å². The van der Waals surface area contributed by atoms with Crippen molar-refractivity contribution in [2.24, 2.45) is 0 Å². The van der Waals surface area contributed by atoms with E-state index >= 15 is 0 Å². The molecule has 0 aliphatic rings. The third-order valence-electron chi connectivity index (χ3n) is 1.67. The lowest BCUT2D eigenvalue weighted by atomic mass is 10.3. The molecule has 0 saturated heterocycles. The lowest BCUT2D eigenvalue weighted by molar-refractivity contribution is 0.423. The van der Waals surface area contributed by atoms with Crippen LogP contribution in [0.25, 0.3) is 10.8 Å². The number of rotatable bonds is 3. The van der Waals surface area contributed by atoms with Gasteiger partial charge in [-0.15, -0.1) is 11.3 Å². The molecule has 0 atom stereocenters. The average Bonchev–Trinajstić information content (AvgIpc) is 2.70. The molecule has 0 unspecified atom stereocenters. The molecule has 0 bridgehead atoms. The highest BCUT2D eigenvalue weighted by atomic mass is 32.1. The summed E-state index contributed by atoms with van der Waals surface area (Å²) in [5, 5.41) is 5.88. The monoisotopic (exact) mass is 194 g/mol. The number of aryl methyl sites for hydroxylation is 1. The molecule has 2 aromatic rings. The highest BCUT2D eigenvalue weighted by molar-refractivity contribution is 7.13. The molecular formula is C9H10N2OS. The summed E-state index contributed by atoms with van der Waals surface area (Å²) < 4.78 is 5.11. The molecular weight excluding hydrogens is 184 g/mol. The lowest BCUT2D eigenvalue weighted by Crippen LogP contribution is -1.84. The minimum Gasteiger partial charge on any atom is -0.333 e. The van der Waals surface area contributed by atoms with E-state index in [2.05, 4.69) is 17.1 Å². The summed E-state index contributed by atoms with van der Waals surface area (Å²) in [5.41, 5.74) is 0. The van der Waals surface area contributed by atoms with Crippen LogP contribution >= 0.6 is 11.3 Å².